The van der Waals surface area contributed by atoms with Crippen LogP contribution in [0.1, 0.15) is 0 Å². The minimum Gasteiger partial charge on any atom is -0.464 e. The lowest BCUT2D eigenvalue weighted by molar-refractivity contribution is 0.615. The van der Waals surface area contributed by atoms with E-state index in [0.717, 1.165) is 44.0 Å². The molecule has 2 aromatic heterocycles. The molecule has 7 aromatic carbocycles. The zero-order valence-electron chi connectivity index (χ0n) is 22.7. The van der Waals surface area contributed by atoms with Gasteiger partial charge in [0.05, 0.1) is 6.26 Å². The zero-order chi connectivity index (χ0) is 27.6. The second-order valence-corrected chi connectivity index (χ2v) is 10.8. The molecule has 0 saturated heterocycles. The van der Waals surface area contributed by atoms with Crippen LogP contribution in [0.4, 0.5) is 0 Å². The number of hydrogen-bond donors (Lipinski definition) is 0. The Morgan fingerprint density at radius 2 is 0.881 bits per heavy atom. The van der Waals surface area contributed by atoms with Crippen molar-refractivity contribution in [2.24, 2.45) is 0 Å². The zero-order valence-corrected chi connectivity index (χ0v) is 22.7. The van der Waals surface area contributed by atoms with Gasteiger partial charge >= 0.3 is 0 Å². The summed E-state index contributed by atoms with van der Waals surface area (Å²) < 4.78 is 12.4. The fourth-order valence-corrected chi connectivity index (χ4v) is 6.72. The third-order valence-corrected chi connectivity index (χ3v) is 8.56. The van der Waals surface area contributed by atoms with E-state index in [9.17, 15) is 0 Å². The summed E-state index contributed by atoms with van der Waals surface area (Å²) in [6, 6.07) is 49.5. The molecule has 9 aromatic rings. The summed E-state index contributed by atoms with van der Waals surface area (Å²) in [4.78, 5) is 0. The third kappa shape index (κ3) is 3.33. The molecule has 0 N–H and O–H groups in total. The maximum atomic E-state index is 6.46. The van der Waals surface area contributed by atoms with Crippen LogP contribution in [0.3, 0.4) is 0 Å². The van der Waals surface area contributed by atoms with Crippen LogP contribution in [0.5, 0.6) is 0 Å². The fourth-order valence-electron chi connectivity index (χ4n) is 6.72. The van der Waals surface area contributed by atoms with E-state index >= 15 is 0 Å². The Labute approximate surface area is 242 Å². The maximum absolute atomic E-state index is 6.46. The number of furan rings is 2. The number of hydrogen-bond acceptors (Lipinski definition) is 2. The first-order valence-electron chi connectivity index (χ1n) is 14.3. The molecule has 0 unspecified atom stereocenters. The van der Waals surface area contributed by atoms with Crippen molar-refractivity contribution in [3.8, 4) is 33.4 Å². The smallest absolute Gasteiger partial charge is 0.144 e. The molecular weight excluding hydrogens is 512 g/mol. The van der Waals surface area contributed by atoms with E-state index in [2.05, 4.69) is 121 Å². The Hall–Kier alpha value is -5.60. The summed E-state index contributed by atoms with van der Waals surface area (Å²) in [5.74, 6) is 0. The first kappa shape index (κ1) is 23.1. The largest absolute Gasteiger partial charge is 0.464 e. The predicted molar refractivity (Wildman–Crippen MR) is 175 cm³/mol. The van der Waals surface area contributed by atoms with Gasteiger partial charge in [-0.3, -0.25) is 0 Å². The Kier molecular flexibility index (Phi) is 4.93. The lowest BCUT2D eigenvalue weighted by atomic mass is 9.85. The van der Waals surface area contributed by atoms with Crippen molar-refractivity contribution in [1.82, 2.24) is 0 Å². The van der Waals surface area contributed by atoms with Gasteiger partial charge in [0.25, 0.3) is 0 Å². The molecule has 9 rings (SSSR count). The minimum atomic E-state index is 0.863. The topological polar surface area (TPSA) is 26.3 Å². The molecule has 2 heterocycles. The molecule has 0 amide bonds. The van der Waals surface area contributed by atoms with Gasteiger partial charge < -0.3 is 8.83 Å². The molecule has 0 spiro atoms. The van der Waals surface area contributed by atoms with Gasteiger partial charge in [-0.15, -0.1) is 0 Å². The highest BCUT2D eigenvalue weighted by Gasteiger charge is 2.19. The third-order valence-electron chi connectivity index (χ3n) is 8.56. The summed E-state index contributed by atoms with van der Waals surface area (Å²) in [6.45, 7) is 0. The first-order chi connectivity index (χ1) is 20.8. The Morgan fingerprint density at radius 1 is 0.381 bits per heavy atom. The van der Waals surface area contributed by atoms with Crippen molar-refractivity contribution < 1.29 is 8.83 Å². The lowest BCUT2D eigenvalue weighted by Crippen LogP contribution is -1.90. The Morgan fingerprint density at radius 3 is 1.52 bits per heavy atom. The highest BCUT2D eigenvalue weighted by atomic mass is 16.3. The predicted octanol–water partition coefficient (Wildman–Crippen LogP) is 11.6. The van der Waals surface area contributed by atoms with E-state index < -0.39 is 0 Å². The molecule has 0 aliphatic carbocycles. The van der Waals surface area contributed by atoms with Crippen LogP contribution < -0.4 is 0 Å². The van der Waals surface area contributed by atoms with Gasteiger partial charge in [0.15, 0.2) is 0 Å². The first-order valence-corrected chi connectivity index (χ1v) is 14.3. The van der Waals surface area contributed by atoms with Crippen LogP contribution >= 0.6 is 0 Å². The second-order valence-electron chi connectivity index (χ2n) is 10.8. The minimum absolute atomic E-state index is 0.863. The van der Waals surface area contributed by atoms with Crippen LogP contribution in [0, 0.1) is 0 Å². The van der Waals surface area contributed by atoms with Crippen LogP contribution in [-0.2, 0) is 0 Å². The Balaban J connectivity index is 1.28. The molecule has 0 saturated carbocycles. The SMILES string of the molecule is c1ccc(-c2c3ccccc3c(-c3ccc(-c4cc5occc5c5c4oc4ccccc45)cc3)c3ccccc23)cc1. The van der Waals surface area contributed by atoms with Crippen LogP contribution in [0.2, 0.25) is 0 Å². The van der Waals surface area contributed by atoms with Crippen LogP contribution in [-0.4, -0.2) is 0 Å². The molecule has 2 heteroatoms. The van der Waals surface area contributed by atoms with E-state index in [1.165, 1.54) is 43.8 Å². The molecule has 0 bridgehead atoms. The molecule has 0 atom stereocenters. The van der Waals surface area contributed by atoms with Crippen LogP contribution in [0.25, 0.3) is 87.8 Å². The van der Waals surface area contributed by atoms with Gasteiger partial charge in [0.1, 0.15) is 16.7 Å². The maximum Gasteiger partial charge on any atom is 0.144 e. The Bertz CT molecular complexity index is 2380. The van der Waals surface area contributed by atoms with E-state index in [4.69, 9.17) is 8.83 Å². The normalized spacial score (nSPS) is 11.8. The summed E-state index contributed by atoms with van der Waals surface area (Å²) in [6.07, 6.45) is 1.76. The number of rotatable bonds is 3. The highest BCUT2D eigenvalue weighted by molar-refractivity contribution is 6.23. The molecule has 196 valence electrons. The van der Waals surface area contributed by atoms with Gasteiger partial charge in [0, 0.05) is 21.7 Å². The number of para-hydroxylation sites is 1. The van der Waals surface area contributed by atoms with Crippen molar-refractivity contribution in [1.29, 1.82) is 0 Å². The van der Waals surface area contributed by atoms with E-state index in [1.54, 1.807) is 6.26 Å². The molecule has 42 heavy (non-hydrogen) atoms. The van der Waals surface area contributed by atoms with Gasteiger partial charge in [0.2, 0.25) is 0 Å². The summed E-state index contributed by atoms with van der Waals surface area (Å²) >= 11 is 0. The van der Waals surface area contributed by atoms with Crippen molar-refractivity contribution in [2.75, 3.05) is 0 Å². The van der Waals surface area contributed by atoms with Gasteiger partial charge in [-0.05, 0) is 67.6 Å². The van der Waals surface area contributed by atoms with E-state index in [0.29, 0.717) is 0 Å². The van der Waals surface area contributed by atoms with Crippen molar-refractivity contribution in [3.05, 3.63) is 146 Å². The average Bonchev–Trinajstić information content (AvgIpc) is 3.68. The molecule has 0 radical (unpaired) electrons. The highest BCUT2D eigenvalue weighted by Crippen LogP contribution is 2.45. The fraction of sp³-hybridized carbons (Fsp3) is 0. The quantitative estimate of drug-likeness (QED) is 0.210. The van der Waals surface area contributed by atoms with Gasteiger partial charge in [-0.1, -0.05) is 121 Å². The van der Waals surface area contributed by atoms with Crippen molar-refractivity contribution in [3.63, 3.8) is 0 Å². The monoisotopic (exact) mass is 536 g/mol. The molecule has 0 aliphatic heterocycles. The average molecular weight is 537 g/mol. The molecule has 0 fully saturated rings. The summed E-state index contributed by atoms with van der Waals surface area (Å²) in [5, 5.41) is 8.30. The van der Waals surface area contributed by atoms with Crippen LogP contribution in [0.15, 0.2) is 155 Å². The molecular formula is C40H24O2. The second kappa shape index (κ2) is 8.95. The molecule has 0 aliphatic rings. The number of fused-ring (bicyclic) bond motifs is 7. The van der Waals surface area contributed by atoms with E-state index in [-0.39, 0.29) is 0 Å². The van der Waals surface area contributed by atoms with Crippen molar-refractivity contribution >= 4 is 54.5 Å². The number of benzene rings is 7. The summed E-state index contributed by atoms with van der Waals surface area (Å²) in [7, 11) is 0. The van der Waals surface area contributed by atoms with Gasteiger partial charge in [-0.2, -0.15) is 0 Å². The van der Waals surface area contributed by atoms with Gasteiger partial charge in [-0.25, -0.2) is 0 Å². The standard InChI is InChI=1S/C40H24O2/c1-2-10-26(11-3-1)37-28-12-4-6-14-30(28)38(31-15-7-5-13-29(31)37)27-20-18-25(19-21-27)34-24-36-33(22-23-41-36)39-32-16-8-9-17-35(32)42-40(34)39/h1-24H. The summed E-state index contributed by atoms with van der Waals surface area (Å²) in [5.41, 5.74) is 9.71. The molecule has 2 nitrogen and oxygen atoms in total. The van der Waals surface area contributed by atoms with E-state index in [1.807, 2.05) is 18.2 Å². The van der Waals surface area contributed by atoms with Crippen molar-refractivity contribution in [2.45, 2.75) is 0 Å². The lowest BCUT2D eigenvalue weighted by Gasteiger charge is -2.18.